The molecular formula is C29H48O2. The van der Waals surface area contributed by atoms with Crippen molar-refractivity contribution >= 4 is 0 Å². The van der Waals surface area contributed by atoms with Gasteiger partial charge in [-0.1, -0.05) is 90.2 Å². The smallest absolute Gasteiger partial charge is 0.120 e. The molecule has 0 heterocycles. The minimum Gasteiger partial charge on any atom is -0.494 e. The lowest BCUT2D eigenvalue weighted by atomic mass is 9.79. The Labute approximate surface area is 192 Å². The summed E-state index contributed by atoms with van der Waals surface area (Å²) in [6, 6.07) is 8.10. The van der Waals surface area contributed by atoms with Gasteiger partial charge in [0.2, 0.25) is 0 Å². The van der Waals surface area contributed by atoms with E-state index in [0.717, 1.165) is 36.4 Å². The molecule has 0 radical (unpaired) electrons. The van der Waals surface area contributed by atoms with Crippen molar-refractivity contribution in [2.45, 2.75) is 110 Å². The third-order valence-electron chi connectivity index (χ3n) is 6.70. The molecule has 31 heavy (non-hydrogen) atoms. The number of rotatable bonds is 17. The number of hydrogen-bond acceptors (Lipinski definition) is 2. The van der Waals surface area contributed by atoms with Crippen LogP contribution >= 0.6 is 0 Å². The van der Waals surface area contributed by atoms with Crippen LogP contribution in [-0.2, 0) is 0 Å². The zero-order chi connectivity index (χ0) is 22.0. The van der Waals surface area contributed by atoms with Gasteiger partial charge in [0.15, 0.2) is 0 Å². The van der Waals surface area contributed by atoms with Gasteiger partial charge in [0.1, 0.15) is 18.1 Å². The zero-order valence-corrected chi connectivity index (χ0v) is 20.5. The van der Waals surface area contributed by atoms with E-state index in [1.165, 1.54) is 89.9 Å². The lowest BCUT2D eigenvalue weighted by Gasteiger charge is -2.26. The molecule has 1 aliphatic rings. The summed E-state index contributed by atoms with van der Waals surface area (Å²) in [4.78, 5) is 0. The molecule has 0 bridgehead atoms. The highest BCUT2D eigenvalue weighted by Crippen LogP contribution is 2.32. The molecule has 0 atom stereocenters. The van der Waals surface area contributed by atoms with E-state index in [1.807, 2.05) is 24.3 Å². The van der Waals surface area contributed by atoms with Crippen LogP contribution in [0.15, 0.2) is 36.4 Å². The molecule has 1 saturated carbocycles. The molecule has 2 heteroatoms. The van der Waals surface area contributed by atoms with Crippen LogP contribution in [0.1, 0.15) is 110 Å². The summed E-state index contributed by atoms with van der Waals surface area (Å²) in [7, 11) is 0. The van der Waals surface area contributed by atoms with Crippen LogP contribution in [0.3, 0.4) is 0 Å². The van der Waals surface area contributed by atoms with Crippen LogP contribution in [-0.4, -0.2) is 13.2 Å². The molecule has 1 fully saturated rings. The van der Waals surface area contributed by atoms with E-state index < -0.39 is 0 Å². The third kappa shape index (κ3) is 12.2. The Morgan fingerprint density at radius 2 is 1.29 bits per heavy atom. The van der Waals surface area contributed by atoms with Gasteiger partial charge in [0.05, 0.1) is 6.61 Å². The van der Waals surface area contributed by atoms with Gasteiger partial charge in [-0.25, -0.2) is 0 Å². The standard InChI is InChI=1S/C29H48O2/c1-3-5-7-8-9-10-12-24-30-28-20-22-29(23-21-28)31-25-13-15-27-18-16-26(17-19-27)14-11-6-4-2/h13,15,20-23,26-27H,3-12,14,16-19,24-25H2,1-2H3/b15-13+/t26-,27-. The van der Waals surface area contributed by atoms with Gasteiger partial charge in [0, 0.05) is 0 Å². The molecule has 0 aromatic heterocycles. The highest BCUT2D eigenvalue weighted by atomic mass is 16.5. The SMILES string of the molecule is CCCCCCCCCOc1ccc(OC/C=C/[C@H]2CC[C@H](CCCCC)CC2)cc1. The highest BCUT2D eigenvalue weighted by molar-refractivity contribution is 5.31. The van der Waals surface area contributed by atoms with Gasteiger partial charge in [-0.05, 0) is 68.2 Å². The molecule has 1 aromatic carbocycles. The molecular weight excluding hydrogens is 380 g/mol. The molecule has 0 saturated heterocycles. The first-order valence-electron chi connectivity index (χ1n) is 13.3. The number of ether oxygens (including phenoxy) is 2. The van der Waals surface area contributed by atoms with Crippen LogP contribution in [0.2, 0.25) is 0 Å². The van der Waals surface area contributed by atoms with Crippen molar-refractivity contribution in [1.29, 1.82) is 0 Å². The summed E-state index contributed by atoms with van der Waals surface area (Å²) in [5, 5.41) is 0. The van der Waals surface area contributed by atoms with E-state index in [0.29, 0.717) is 6.61 Å². The zero-order valence-electron chi connectivity index (χ0n) is 20.5. The maximum Gasteiger partial charge on any atom is 0.120 e. The quantitative estimate of drug-likeness (QED) is 0.182. The van der Waals surface area contributed by atoms with Crippen molar-refractivity contribution < 1.29 is 9.47 Å². The van der Waals surface area contributed by atoms with Crippen molar-refractivity contribution in [1.82, 2.24) is 0 Å². The van der Waals surface area contributed by atoms with Crippen molar-refractivity contribution in [3.05, 3.63) is 36.4 Å². The fourth-order valence-corrected chi connectivity index (χ4v) is 4.63. The minimum atomic E-state index is 0.661. The number of benzene rings is 1. The lowest BCUT2D eigenvalue weighted by molar-refractivity contribution is 0.288. The molecule has 0 unspecified atom stereocenters. The molecule has 0 N–H and O–H groups in total. The van der Waals surface area contributed by atoms with Gasteiger partial charge in [-0.3, -0.25) is 0 Å². The average molecular weight is 429 g/mol. The number of hydrogen-bond donors (Lipinski definition) is 0. The largest absolute Gasteiger partial charge is 0.494 e. The highest BCUT2D eigenvalue weighted by Gasteiger charge is 2.18. The van der Waals surface area contributed by atoms with Crippen molar-refractivity contribution in [2.24, 2.45) is 11.8 Å². The number of allylic oxidation sites excluding steroid dienone is 1. The minimum absolute atomic E-state index is 0.661. The Bertz CT molecular complexity index is 555. The van der Waals surface area contributed by atoms with Crippen LogP contribution in [0.4, 0.5) is 0 Å². The second-order valence-electron chi connectivity index (χ2n) is 9.46. The summed E-state index contributed by atoms with van der Waals surface area (Å²) >= 11 is 0. The molecule has 0 aliphatic heterocycles. The topological polar surface area (TPSA) is 18.5 Å². The Kier molecular flexibility index (Phi) is 14.3. The molecule has 176 valence electrons. The fourth-order valence-electron chi connectivity index (χ4n) is 4.63. The second kappa shape index (κ2) is 17.2. The first-order valence-corrected chi connectivity index (χ1v) is 13.3. The van der Waals surface area contributed by atoms with Crippen molar-refractivity contribution in [3.63, 3.8) is 0 Å². The van der Waals surface area contributed by atoms with Gasteiger partial charge in [-0.2, -0.15) is 0 Å². The summed E-state index contributed by atoms with van der Waals surface area (Å²) in [6.45, 7) is 6.04. The Hall–Kier alpha value is -1.44. The van der Waals surface area contributed by atoms with Crippen LogP contribution in [0.25, 0.3) is 0 Å². The second-order valence-corrected chi connectivity index (χ2v) is 9.46. The molecule has 1 aliphatic carbocycles. The summed E-state index contributed by atoms with van der Waals surface area (Å²) in [5.41, 5.74) is 0. The summed E-state index contributed by atoms with van der Waals surface area (Å²) < 4.78 is 11.7. The molecule has 0 spiro atoms. The summed E-state index contributed by atoms with van der Waals surface area (Å²) in [5.74, 6) is 3.62. The predicted molar refractivity (Wildman–Crippen MR) is 134 cm³/mol. The van der Waals surface area contributed by atoms with E-state index in [9.17, 15) is 0 Å². The Balaban J connectivity index is 1.51. The third-order valence-corrected chi connectivity index (χ3v) is 6.70. The Morgan fingerprint density at radius 3 is 1.97 bits per heavy atom. The number of unbranched alkanes of at least 4 members (excludes halogenated alkanes) is 8. The predicted octanol–water partition coefficient (Wildman–Crippen LogP) is 9.14. The average Bonchev–Trinajstić information content (AvgIpc) is 2.80. The first kappa shape index (κ1) is 25.8. The van der Waals surface area contributed by atoms with Gasteiger partial charge in [0.25, 0.3) is 0 Å². The molecule has 0 amide bonds. The van der Waals surface area contributed by atoms with Gasteiger partial charge < -0.3 is 9.47 Å². The molecule has 1 aromatic rings. The van der Waals surface area contributed by atoms with E-state index in [1.54, 1.807) is 0 Å². The Morgan fingerprint density at radius 1 is 0.710 bits per heavy atom. The van der Waals surface area contributed by atoms with Crippen molar-refractivity contribution in [3.8, 4) is 11.5 Å². The van der Waals surface area contributed by atoms with Crippen LogP contribution < -0.4 is 9.47 Å². The fraction of sp³-hybridized carbons (Fsp3) is 0.724. The lowest BCUT2D eigenvalue weighted by Crippen LogP contribution is -2.13. The van der Waals surface area contributed by atoms with Gasteiger partial charge >= 0.3 is 0 Å². The van der Waals surface area contributed by atoms with Gasteiger partial charge in [-0.15, -0.1) is 0 Å². The van der Waals surface area contributed by atoms with E-state index >= 15 is 0 Å². The summed E-state index contributed by atoms with van der Waals surface area (Å²) in [6.07, 6.45) is 25.0. The first-order chi connectivity index (χ1) is 15.3. The van der Waals surface area contributed by atoms with E-state index in [-0.39, 0.29) is 0 Å². The van der Waals surface area contributed by atoms with E-state index in [2.05, 4.69) is 26.0 Å². The maximum absolute atomic E-state index is 5.89. The van der Waals surface area contributed by atoms with Crippen LogP contribution in [0, 0.1) is 11.8 Å². The monoisotopic (exact) mass is 428 g/mol. The normalized spacial score (nSPS) is 19.0. The van der Waals surface area contributed by atoms with Crippen molar-refractivity contribution in [2.75, 3.05) is 13.2 Å². The molecule has 2 nitrogen and oxygen atoms in total. The molecule has 2 rings (SSSR count). The maximum atomic E-state index is 5.89. The van der Waals surface area contributed by atoms with E-state index in [4.69, 9.17) is 9.47 Å². The van der Waals surface area contributed by atoms with Crippen LogP contribution in [0.5, 0.6) is 11.5 Å².